The highest BCUT2D eigenvalue weighted by Gasteiger charge is 2.35. The number of para-hydroxylation sites is 2. The molecule has 29 heavy (non-hydrogen) atoms. The van der Waals surface area contributed by atoms with Gasteiger partial charge in [-0.2, -0.15) is 0 Å². The fourth-order valence-electron chi connectivity index (χ4n) is 4.51. The maximum atomic E-state index is 13.0. The number of rotatable bonds is 5. The van der Waals surface area contributed by atoms with Gasteiger partial charge in [0.15, 0.2) is 0 Å². The van der Waals surface area contributed by atoms with Crippen LogP contribution in [0.5, 0.6) is 0 Å². The van der Waals surface area contributed by atoms with Crippen molar-refractivity contribution in [1.82, 2.24) is 9.55 Å². The van der Waals surface area contributed by atoms with Crippen LogP contribution in [-0.2, 0) is 11.3 Å². The summed E-state index contributed by atoms with van der Waals surface area (Å²) < 4.78 is 2.34. The molecule has 4 nitrogen and oxygen atoms in total. The van der Waals surface area contributed by atoms with Gasteiger partial charge in [-0.3, -0.25) is 4.79 Å². The molecule has 1 atom stereocenters. The highest BCUT2D eigenvalue weighted by Crippen LogP contribution is 2.36. The number of benzene rings is 3. The van der Waals surface area contributed by atoms with E-state index in [4.69, 9.17) is 4.98 Å². The Balaban J connectivity index is 1.54. The lowest BCUT2D eigenvalue weighted by atomic mass is 10.1. The summed E-state index contributed by atoms with van der Waals surface area (Å²) in [5.41, 5.74) is 3.20. The largest absolute Gasteiger partial charge is 0.328 e. The third-order valence-electron chi connectivity index (χ3n) is 5.97. The van der Waals surface area contributed by atoms with Gasteiger partial charge in [-0.05, 0) is 30.0 Å². The lowest BCUT2D eigenvalue weighted by Crippen LogP contribution is -2.24. The number of aryl methyl sites for hydroxylation is 1. The molecule has 0 unspecified atom stereocenters. The van der Waals surface area contributed by atoms with E-state index < -0.39 is 0 Å². The summed E-state index contributed by atoms with van der Waals surface area (Å²) in [7, 11) is 0. The Morgan fingerprint density at radius 1 is 1.00 bits per heavy atom. The quantitative estimate of drug-likeness (QED) is 0.456. The zero-order valence-electron chi connectivity index (χ0n) is 16.7. The fraction of sp³-hybridized carbons (Fsp3) is 0.280. The molecule has 1 saturated heterocycles. The molecular weight excluding hydrogens is 358 g/mol. The summed E-state index contributed by atoms with van der Waals surface area (Å²) in [5, 5.41) is 2.29. The molecule has 0 N–H and O–H groups in total. The number of hydrogen-bond donors (Lipinski definition) is 0. The maximum absolute atomic E-state index is 13.0. The molecule has 0 aliphatic carbocycles. The number of carbonyl (C=O) groups is 1. The summed E-state index contributed by atoms with van der Waals surface area (Å²) >= 11 is 0. The number of imidazole rings is 1. The van der Waals surface area contributed by atoms with Gasteiger partial charge in [-0.15, -0.1) is 0 Å². The van der Waals surface area contributed by atoms with E-state index in [-0.39, 0.29) is 11.8 Å². The SMILES string of the molecule is CCCCn1c([C@@H]2CC(=O)N(c3cccc4ccccc34)C2)nc2ccccc21. The molecule has 0 saturated carbocycles. The van der Waals surface area contributed by atoms with Crippen LogP contribution in [0.25, 0.3) is 21.8 Å². The van der Waals surface area contributed by atoms with Crippen LogP contribution in [0.1, 0.15) is 37.9 Å². The Labute approximate surface area is 170 Å². The predicted molar refractivity (Wildman–Crippen MR) is 118 cm³/mol. The first kappa shape index (κ1) is 17.9. The van der Waals surface area contributed by atoms with Gasteiger partial charge in [0.1, 0.15) is 5.82 Å². The molecule has 5 rings (SSSR count). The zero-order chi connectivity index (χ0) is 19.8. The first-order valence-corrected chi connectivity index (χ1v) is 10.5. The third-order valence-corrected chi connectivity index (χ3v) is 5.97. The maximum Gasteiger partial charge on any atom is 0.227 e. The lowest BCUT2D eigenvalue weighted by Gasteiger charge is -2.19. The molecule has 4 heteroatoms. The van der Waals surface area contributed by atoms with Crippen molar-refractivity contribution in [1.29, 1.82) is 0 Å². The molecule has 4 aromatic rings. The van der Waals surface area contributed by atoms with Crippen molar-refractivity contribution >= 4 is 33.4 Å². The van der Waals surface area contributed by atoms with E-state index in [0.717, 1.165) is 47.2 Å². The van der Waals surface area contributed by atoms with Crippen LogP contribution >= 0.6 is 0 Å². The highest BCUT2D eigenvalue weighted by atomic mass is 16.2. The van der Waals surface area contributed by atoms with E-state index in [1.807, 2.05) is 29.2 Å². The van der Waals surface area contributed by atoms with Crippen molar-refractivity contribution in [3.8, 4) is 0 Å². The smallest absolute Gasteiger partial charge is 0.227 e. The van der Waals surface area contributed by atoms with E-state index in [2.05, 4.69) is 54.0 Å². The normalized spacial score (nSPS) is 16.9. The van der Waals surface area contributed by atoms with Gasteiger partial charge in [0, 0.05) is 30.8 Å². The highest BCUT2D eigenvalue weighted by molar-refractivity contribution is 6.05. The molecule has 0 spiro atoms. The van der Waals surface area contributed by atoms with Gasteiger partial charge in [0.2, 0.25) is 5.91 Å². The van der Waals surface area contributed by atoms with E-state index in [1.165, 1.54) is 5.52 Å². The summed E-state index contributed by atoms with van der Waals surface area (Å²) in [6.07, 6.45) is 2.76. The first-order valence-electron chi connectivity index (χ1n) is 10.5. The molecule has 0 radical (unpaired) electrons. The number of hydrogen-bond acceptors (Lipinski definition) is 2. The molecule has 146 valence electrons. The zero-order valence-corrected chi connectivity index (χ0v) is 16.7. The number of fused-ring (bicyclic) bond motifs is 2. The van der Waals surface area contributed by atoms with Crippen molar-refractivity contribution in [2.75, 3.05) is 11.4 Å². The Morgan fingerprint density at radius 2 is 1.79 bits per heavy atom. The summed E-state index contributed by atoms with van der Waals surface area (Å²) in [6.45, 7) is 3.84. The Kier molecular flexibility index (Phi) is 4.55. The summed E-state index contributed by atoms with van der Waals surface area (Å²) in [5.74, 6) is 1.35. The Morgan fingerprint density at radius 3 is 2.69 bits per heavy atom. The van der Waals surface area contributed by atoms with Gasteiger partial charge in [-0.1, -0.05) is 61.9 Å². The molecule has 3 aromatic carbocycles. The van der Waals surface area contributed by atoms with Crippen LogP contribution in [0.2, 0.25) is 0 Å². The van der Waals surface area contributed by atoms with Gasteiger partial charge >= 0.3 is 0 Å². The van der Waals surface area contributed by atoms with Crippen LogP contribution in [-0.4, -0.2) is 22.0 Å². The molecular formula is C25H25N3O. The minimum Gasteiger partial charge on any atom is -0.328 e. The third kappa shape index (κ3) is 3.09. The molecule has 2 heterocycles. The number of anilines is 1. The predicted octanol–water partition coefficient (Wildman–Crippen LogP) is 5.51. The van der Waals surface area contributed by atoms with Crippen molar-refractivity contribution in [2.24, 2.45) is 0 Å². The van der Waals surface area contributed by atoms with Crippen LogP contribution in [0.3, 0.4) is 0 Å². The van der Waals surface area contributed by atoms with E-state index in [1.54, 1.807) is 0 Å². The second-order valence-corrected chi connectivity index (χ2v) is 7.87. The van der Waals surface area contributed by atoms with Crippen molar-refractivity contribution in [3.63, 3.8) is 0 Å². The van der Waals surface area contributed by atoms with E-state index in [0.29, 0.717) is 13.0 Å². The molecule has 1 aliphatic rings. The van der Waals surface area contributed by atoms with Gasteiger partial charge in [0.05, 0.1) is 16.7 Å². The van der Waals surface area contributed by atoms with Crippen molar-refractivity contribution < 1.29 is 4.79 Å². The average molecular weight is 383 g/mol. The minimum atomic E-state index is 0.116. The lowest BCUT2D eigenvalue weighted by molar-refractivity contribution is -0.117. The topological polar surface area (TPSA) is 38.1 Å². The first-order chi connectivity index (χ1) is 14.3. The number of carbonyl (C=O) groups excluding carboxylic acids is 1. The number of amides is 1. The number of nitrogens with zero attached hydrogens (tertiary/aromatic N) is 3. The fourth-order valence-corrected chi connectivity index (χ4v) is 4.51. The van der Waals surface area contributed by atoms with Gasteiger partial charge < -0.3 is 9.47 Å². The second kappa shape index (κ2) is 7.36. The minimum absolute atomic E-state index is 0.116. The van der Waals surface area contributed by atoms with Crippen LogP contribution in [0.15, 0.2) is 66.7 Å². The molecule has 0 bridgehead atoms. The molecule has 1 aliphatic heterocycles. The monoisotopic (exact) mass is 383 g/mol. The number of aromatic nitrogens is 2. The Bertz CT molecular complexity index is 1190. The molecule has 1 amide bonds. The van der Waals surface area contributed by atoms with Crippen molar-refractivity contribution in [2.45, 2.75) is 38.6 Å². The van der Waals surface area contributed by atoms with Crippen LogP contribution in [0, 0.1) is 0 Å². The summed E-state index contributed by atoms with van der Waals surface area (Å²) in [4.78, 5) is 19.9. The molecule has 1 fully saturated rings. The number of unbranched alkanes of at least 4 members (excludes halogenated alkanes) is 1. The van der Waals surface area contributed by atoms with E-state index in [9.17, 15) is 4.79 Å². The van der Waals surface area contributed by atoms with Crippen LogP contribution in [0.4, 0.5) is 5.69 Å². The van der Waals surface area contributed by atoms with Gasteiger partial charge in [-0.25, -0.2) is 4.98 Å². The Hall–Kier alpha value is -3.14. The average Bonchev–Trinajstić information content (AvgIpc) is 3.32. The van der Waals surface area contributed by atoms with Gasteiger partial charge in [0.25, 0.3) is 0 Å². The van der Waals surface area contributed by atoms with Crippen molar-refractivity contribution in [3.05, 3.63) is 72.6 Å². The standard InChI is InChI=1S/C25H25N3O/c1-2-3-15-27-23-13-7-6-12-21(23)26-25(27)19-16-24(29)28(17-19)22-14-8-10-18-9-4-5-11-20(18)22/h4-14,19H,2-3,15-17H2,1H3/t19-/m1/s1. The van der Waals surface area contributed by atoms with Crippen LogP contribution < -0.4 is 4.90 Å². The molecule has 1 aromatic heterocycles. The van der Waals surface area contributed by atoms with E-state index >= 15 is 0 Å². The summed E-state index contributed by atoms with van der Waals surface area (Å²) in [6, 6.07) is 22.8. The second-order valence-electron chi connectivity index (χ2n) is 7.87.